The third kappa shape index (κ3) is 3.88. The molecule has 0 saturated carbocycles. The highest BCUT2D eigenvalue weighted by Gasteiger charge is 2.35. The molecule has 33 heavy (non-hydrogen) atoms. The number of allylic oxidation sites excluding steroid dienone is 1. The van der Waals surface area contributed by atoms with E-state index in [4.69, 9.17) is 0 Å². The molecule has 2 aromatic rings. The van der Waals surface area contributed by atoms with Gasteiger partial charge in [0.05, 0.1) is 0 Å². The Morgan fingerprint density at radius 2 is 1.85 bits per heavy atom. The van der Waals surface area contributed by atoms with Crippen LogP contribution < -0.4 is 4.90 Å². The van der Waals surface area contributed by atoms with E-state index in [1.807, 2.05) is 39.1 Å². The lowest BCUT2D eigenvalue weighted by Crippen LogP contribution is -2.29. The molecule has 3 aliphatic rings. The molecule has 0 aliphatic carbocycles. The monoisotopic (exact) mass is 449 g/mol. The number of fused-ring (bicyclic) bond motifs is 1. The number of aliphatic imine (C=N–C) groups is 2. The first-order valence-corrected chi connectivity index (χ1v) is 11.5. The predicted octanol–water partition coefficient (Wildman–Crippen LogP) is 5.49. The van der Waals surface area contributed by atoms with Gasteiger partial charge in [-0.15, -0.1) is 0 Å². The third-order valence-corrected chi connectivity index (χ3v) is 7.33. The van der Waals surface area contributed by atoms with Crippen LogP contribution in [-0.2, 0) is 5.41 Å². The van der Waals surface area contributed by atoms with E-state index in [2.05, 4.69) is 33.0 Å². The Morgan fingerprint density at radius 3 is 2.52 bits per heavy atom. The van der Waals surface area contributed by atoms with Gasteiger partial charge in [-0.25, -0.2) is 13.8 Å². The van der Waals surface area contributed by atoms with Gasteiger partial charge in [0.2, 0.25) is 0 Å². The van der Waals surface area contributed by atoms with Gasteiger partial charge in [0.15, 0.2) is 5.83 Å². The molecule has 0 atom stereocenters. The maximum atomic E-state index is 15.1. The third-order valence-electron chi connectivity index (χ3n) is 7.33. The molecule has 0 spiro atoms. The Kier molecular flexibility index (Phi) is 5.40. The molecule has 4 heterocycles. The van der Waals surface area contributed by atoms with E-state index >= 15 is 4.39 Å². The minimum atomic E-state index is -0.504. The van der Waals surface area contributed by atoms with E-state index in [0.717, 1.165) is 37.2 Å². The molecule has 1 aromatic carbocycles. The first-order valence-electron chi connectivity index (χ1n) is 11.5. The Bertz CT molecular complexity index is 1170. The number of hydrogen-bond acceptors (Lipinski definition) is 5. The molecule has 172 valence electrons. The topological polar surface area (TPSA) is 44.1 Å². The van der Waals surface area contributed by atoms with E-state index in [-0.39, 0.29) is 12.4 Å². The summed E-state index contributed by atoms with van der Waals surface area (Å²) < 4.78 is 29.9. The van der Waals surface area contributed by atoms with Crippen LogP contribution in [0.1, 0.15) is 56.2 Å². The van der Waals surface area contributed by atoms with Crippen LogP contribution in [0.15, 0.2) is 52.5 Å². The molecule has 0 amide bonds. The average molecular weight is 450 g/mol. The first kappa shape index (κ1) is 21.9. The van der Waals surface area contributed by atoms with Crippen molar-refractivity contribution in [2.75, 3.05) is 31.7 Å². The summed E-state index contributed by atoms with van der Waals surface area (Å²) in [6.07, 6.45) is 5.55. The van der Waals surface area contributed by atoms with Crippen molar-refractivity contribution in [3.8, 4) is 0 Å². The van der Waals surface area contributed by atoms with Gasteiger partial charge in [-0.2, -0.15) is 0 Å². The standard InChI is InChI=1S/C26H29F2N5/c1-16-26(2,3)20-11-19(12-21(27)25(20)31-16)24-22(28)14-33(15-30-24)23-6-5-18(13-29-23)17-7-9-32(4)10-8-17/h5-6,11-14,17H,7-10,15H2,1-4H3. The van der Waals surface area contributed by atoms with Gasteiger partial charge in [-0.3, -0.25) is 9.98 Å². The van der Waals surface area contributed by atoms with Crippen molar-refractivity contribution < 1.29 is 8.78 Å². The van der Waals surface area contributed by atoms with Crippen molar-refractivity contribution in [1.29, 1.82) is 0 Å². The van der Waals surface area contributed by atoms with Gasteiger partial charge < -0.3 is 9.80 Å². The second-order valence-corrected chi connectivity index (χ2v) is 9.80. The van der Waals surface area contributed by atoms with Crippen LogP contribution in [0.2, 0.25) is 0 Å². The fraction of sp³-hybridized carbons (Fsp3) is 0.423. The second-order valence-electron chi connectivity index (χ2n) is 9.80. The molecule has 0 N–H and O–H groups in total. The number of aromatic nitrogens is 1. The van der Waals surface area contributed by atoms with Crippen LogP contribution in [0, 0.1) is 5.82 Å². The van der Waals surface area contributed by atoms with Gasteiger partial charge in [0.1, 0.15) is 29.7 Å². The maximum absolute atomic E-state index is 15.1. The van der Waals surface area contributed by atoms with Crippen molar-refractivity contribution in [3.05, 3.63) is 65.0 Å². The van der Waals surface area contributed by atoms with Crippen LogP contribution in [0.3, 0.4) is 0 Å². The highest BCUT2D eigenvalue weighted by Crippen LogP contribution is 2.42. The molecule has 0 bridgehead atoms. The number of benzene rings is 1. The van der Waals surface area contributed by atoms with Crippen LogP contribution in [0.5, 0.6) is 0 Å². The highest BCUT2D eigenvalue weighted by atomic mass is 19.1. The zero-order valence-corrected chi connectivity index (χ0v) is 19.6. The molecular weight excluding hydrogens is 420 g/mol. The highest BCUT2D eigenvalue weighted by molar-refractivity contribution is 6.13. The summed E-state index contributed by atoms with van der Waals surface area (Å²) in [5, 5.41) is 0. The van der Waals surface area contributed by atoms with Crippen molar-refractivity contribution in [2.45, 2.75) is 44.9 Å². The van der Waals surface area contributed by atoms with Crippen LogP contribution in [-0.4, -0.2) is 48.1 Å². The summed E-state index contributed by atoms with van der Waals surface area (Å²) in [5.74, 6) is 0.217. The lowest BCUT2D eigenvalue weighted by molar-refractivity contribution is 0.255. The summed E-state index contributed by atoms with van der Waals surface area (Å²) in [6.45, 7) is 8.30. The maximum Gasteiger partial charge on any atom is 0.165 e. The number of piperidine rings is 1. The van der Waals surface area contributed by atoms with E-state index < -0.39 is 17.1 Å². The summed E-state index contributed by atoms with van der Waals surface area (Å²) >= 11 is 0. The van der Waals surface area contributed by atoms with Gasteiger partial charge in [-0.05, 0) is 75.1 Å². The molecule has 3 aliphatic heterocycles. The van der Waals surface area contributed by atoms with E-state index in [1.54, 1.807) is 4.90 Å². The van der Waals surface area contributed by atoms with Crippen LogP contribution >= 0.6 is 0 Å². The summed E-state index contributed by atoms with van der Waals surface area (Å²) in [6, 6.07) is 7.15. The van der Waals surface area contributed by atoms with Crippen molar-refractivity contribution >= 4 is 22.9 Å². The molecule has 0 unspecified atom stereocenters. The molecule has 7 heteroatoms. The van der Waals surface area contributed by atoms with E-state index in [0.29, 0.717) is 23.0 Å². The fourth-order valence-electron chi connectivity index (χ4n) is 4.81. The van der Waals surface area contributed by atoms with Crippen molar-refractivity contribution in [1.82, 2.24) is 9.88 Å². The number of rotatable bonds is 3. The molecule has 5 rings (SSSR count). The molecular formula is C26H29F2N5. The number of nitrogens with zero attached hydrogens (tertiary/aromatic N) is 5. The van der Waals surface area contributed by atoms with Gasteiger partial charge in [0, 0.05) is 29.1 Å². The minimum Gasteiger partial charge on any atom is -0.310 e. The number of hydrogen-bond donors (Lipinski definition) is 0. The molecule has 1 saturated heterocycles. The lowest BCUT2D eigenvalue weighted by Gasteiger charge is -2.29. The zero-order valence-electron chi connectivity index (χ0n) is 19.6. The zero-order chi connectivity index (χ0) is 23.3. The Labute approximate surface area is 193 Å². The normalized spacial score (nSPS) is 20.9. The number of pyridine rings is 1. The van der Waals surface area contributed by atoms with E-state index in [1.165, 1.54) is 17.8 Å². The smallest absolute Gasteiger partial charge is 0.165 e. The quantitative estimate of drug-likeness (QED) is 0.622. The fourth-order valence-corrected chi connectivity index (χ4v) is 4.81. The van der Waals surface area contributed by atoms with Crippen molar-refractivity contribution in [2.24, 2.45) is 9.98 Å². The number of likely N-dealkylation sites (tertiary alicyclic amines) is 1. The van der Waals surface area contributed by atoms with Gasteiger partial charge in [-0.1, -0.05) is 19.9 Å². The number of halogens is 2. The Balaban J connectivity index is 1.35. The summed E-state index contributed by atoms with van der Waals surface area (Å²) in [5.41, 5.74) is 3.38. The second kappa shape index (κ2) is 8.13. The van der Waals surface area contributed by atoms with Crippen LogP contribution in [0.4, 0.5) is 20.3 Å². The Morgan fingerprint density at radius 1 is 1.09 bits per heavy atom. The van der Waals surface area contributed by atoms with Crippen molar-refractivity contribution in [3.63, 3.8) is 0 Å². The lowest BCUT2D eigenvalue weighted by atomic mass is 9.81. The first-order chi connectivity index (χ1) is 15.7. The predicted molar refractivity (Wildman–Crippen MR) is 129 cm³/mol. The van der Waals surface area contributed by atoms with Gasteiger partial charge in [0.25, 0.3) is 0 Å². The van der Waals surface area contributed by atoms with Crippen LogP contribution in [0.25, 0.3) is 0 Å². The van der Waals surface area contributed by atoms with Gasteiger partial charge >= 0.3 is 0 Å². The molecule has 1 aromatic heterocycles. The SMILES string of the molecule is CC1=Nc2c(F)cc(C3=NCN(c4ccc(C5CCN(C)CC5)cn4)C=C3F)cc2C1(C)C. The van der Waals surface area contributed by atoms with E-state index in [9.17, 15) is 4.39 Å². The number of anilines is 1. The summed E-state index contributed by atoms with van der Waals surface area (Å²) in [4.78, 5) is 17.4. The molecule has 5 nitrogen and oxygen atoms in total. The molecule has 1 fully saturated rings. The largest absolute Gasteiger partial charge is 0.310 e. The molecule has 0 radical (unpaired) electrons. The average Bonchev–Trinajstić information content (AvgIpc) is 3.03. The minimum absolute atomic E-state index is 0.163. The summed E-state index contributed by atoms with van der Waals surface area (Å²) in [7, 11) is 2.15. The Hall–Kier alpha value is -2.93.